The number of nitrogens with zero attached hydrogens (tertiary/aromatic N) is 1. The van der Waals surface area contributed by atoms with E-state index in [4.69, 9.17) is 10.5 Å². The van der Waals surface area contributed by atoms with Crippen LogP contribution in [0.1, 0.15) is 53.4 Å². The van der Waals surface area contributed by atoms with Gasteiger partial charge in [0.05, 0.1) is 6.10 Å². The monoisotopic (exact) mass is 282 g/mol. The summed E-state index contributed by atoms with van der Waals surface area (Å²) in [5.41, 5.74) is 5.65. The Hall–Kier alpha value is -0.610. The number of fused-ring (bicyclic) bond motifs is 1. The van der Waals surface area contributed by atoms with Crippen LogP contribution < -0.4 is 5.73 Å². The van der Waals surface area contributed by atoms with Crippen molar-refractivity contribution in [3.8, 4) is 0 Å². The van der Waals surface area contributed by atoms with Gasteiger partial charge in [-0.3, -0.25) is 4.79 Å². The lowest BCUT2D eigenvalue weighted by Crippen LogP contribution is -2.82. The molecule has 2 rings (SSSR count). The number of rotatable bonds is 5. The number of nitrogens with two attached hydrogens (primary N) is 1. The maximum absolute atomic E-state index is 13.0. The fourth-order valence-corrected chi connectivity index (χ4v) is 4.13. The van der Waals surface area contributed by atoms with Gasteiger partial charge in [-0.15, -0.1) is 0 Å². The quantitative estimate of drug-likeness (QED) is 0.841. The van der Waals surface area contributed by atoms with Gasteiger partial charge in [0.1, 0.15) is 5.54 Å². The van der Waals surface area contributed by atoms with Gasteiger partial charge in [-0.2, -0.15) is 0 Å². The Morgan fingerprint density at radius 1 is 1.30 bits per heavy atom. The summed E-state index contributed by atoms with van der Waals surface area (Å²) in [5, 5.41) is 0. The molecular formula is C16H30N2O2. The summed E-state index contributed by atoms with van der Waals surface area (Å²) in [5.74, 6) is 0.327. The predicted octanol–water partition coefficient (Wildman–Crippen LogP) is 2.17. The Labute approximate surface area is 123 Å². The fraction of sp³-hybridized carbons (Fsp3) is 0.938. The van der Waals surface area contributed by atoms with Crippen LogP contribution in [0, 0.1) is 11.3 Å². The lowest BCUT2D eigenvalue weighted by molar-refractivity contribution is -0.230. The van der Waals surface area contributed by atoms with Crippen molar-refractivity contribution < 1.29 is 9.53 Å². The van der Waals surface area contributed by atoms with E-state index in [0.717, 1.165) is 45.4 Å². The minimum atomic E-state index is -0.748. The Morgan fingerprint density at radius 3 is 2.45 bits per heavy atom. The van der Waals surface area contributed by atoms with E-state index in [0.29, 0.717) is 0 Å². The molecule has 1 saturated heterocycles. The maximum atomic E-state index is 13.0. The first-order valence-corrected chi connectivity index (χ1v) is 8.11. The molecule has 116 valence electrons. The van der Waals surface area contributed by atoms with Gasteiger partial charge in [0.25, 0.3) is 0 Å². The molecule has 1 heterocycles. The summed E-state index contributed by atoms with van der Waals surface area (Å²) in [6.45, 7) is 10.8. The SMILES string of the molecule is CCCN(CCC)C(=O)C1(N)C2CCCOC2C1(C)C. The fourth-order valence-electron chi connectivity index (χ4n) is 4.13. The largest absolute Gasteiger partial charge is 0.377 e. The van der Waals surface area contributed by atoms with Crippen LogP contribution in [0.15, 0.2) is 0 Å². The predicted molar refractivity (Wildman–Crippen MR) is 80.3 cm³/mol. The first kappa shape index (κ1) is 15.8. The van der Waals surface area contributed by atoms with Crippen LogP contribution in [0.2, 0.25) is 0 Å². The Kier molecular flexibility index (Phi) is 4.45. The molecular weight excluding hydrogens is 252 g/mol. The zero-order valence-corrected chi connectivity index (χ0v) is 13.4. The van der Waals surface area contributed by atoms with E-state index in [-0.39, 0.29) is 23.3 Å². The van der Waals surface area contributed by atoms with Crippen LogP contribution in [-0.4, -0.2) is 42.1 Å². The molecule has 2 aliphatic rings. The van der Waals surface area contributed by atoms with Crippen molar-refractivity contribution in [3.63, 3.8) is 0 Å². The van der Waals surface area contributed by atoms with Gasteiger partial charge >= 0.3 is 0 Å². The molecule has 1 amide bonds. The molecule has 0 aromatic rings. The van der Waals surface area contributed by atoms with E-state index in [2.05, 4.69) is 27.7 Å². The van der Waals surface area contributed by atoms with Crippen molar-refractivity contribution in [1.82, 2.24) is 4.90 Å². The van der Waals surface area contributed by atoms with Gasteiger partial charge in [-0.05, 0) is 25.7 Å². The van der Waals surface area contributed by atoms with E-state index in [1.807, 2.05) is 4.90 Å². The van der Waals surface area contributed by atoms with Gasteiger partial charge in [0.15, 0.2) is 0 Å². The summed E-state index contributed by atoms with van der Waals surface area (Å²) in [6, 6.07) is 0. The summed E-state index contributed by atoms with van der Waals surface area (Å²) in [4.78, 5) is 15.0. The molecule has 2 N–H and O–H groups in total. The Morgan fingerprint density at radius 2 is 1.90 bits per heavy atom. The second-order valence-electron chi connectivity index (χ2n) is 6.92. The lowest BCUT2D eigenvalue weighted by Gasteiger charge is -2.65. The molecule has 4 nitrogen and oxygen atoms in total. The molecule has 1 aliphatic carbocycles. The molecule has 20 heavy (non-hydrogen) atoms. The van der Waals surface area contributed by atoms with Crippen LogP contribution in [0.5, 0.6) is 0 Å². The normalized spacial score (nSPS) is 35.0. The summed E-state index contributed by atoms with van der Waals surface area (Å²) in [6.07, 6.45) is 4.14. The highest BCUT2D eigenvalue weighted by atomic mass is 16.5. The highest BCUT2D eigenvalue weighted by Gasteiger charge is 2.70. The molecule has 0 radical (unpaired) electrons. The van der Waals surface area contributed by atoms with Gasteiger partial charge in [0, 0.05) is 31.0 Å². The average molecular weight is 282 g/mol. The van der Waals surface area contributed by atoms with Gasteiger partial charge in [-0.25, -0.2) is 0 Å². The summed E-state index contributed by atoms with van der Waals surface area (Å²) >= 11 is 0. The molecule has 3 unspecified atom stereocenters. The van der Waals surface area contributed by atoms with Crippen LogP contribution in [-0.2, 0) is 9.53 Å². The van der Waals surface area contributed by atoms with Crippen molar-refractivity contribution in [2.75, 3.05) is 19.7 Å². The van der Waals surface area contributed by atoms with E-state index >= 15 is 0 Å². The van der Waals surface area contributed by atoms with Crippen molar-refractivity contribution in [3.05, 3.63) is 0 Å². The number of ether oxygens (including phenoxy) is 1. The minimum absolute atomic E-state index is 0.137. The molecule has 0 bridgehead atoms. The third-order valence-electron chi connectivity index (χ3n) is 5.31. The van der Waals surface area contributed by atoms with E-state index in [1.54, 1.807) is 0 Å². The van der Waals surface area contributed by atoms with Crippen LogP contribution in [0.4, 0.5) is 0 Å². The highest BCUT2D eigenvalue weighted by Crippen LogP contribution is 2.57. The standard InChI is InChI=1S/C16H30N2O2/c1-5-9-18(10-6-2)14(19)16(17)12-8-7-11-20-13(12)15(16,3)4/h12-13H,5-11,17H2,1-4H3. The molecule has 2 fully saturated rings. The molecule has 0 spiro atoms. The second kappa shape index (κ2) is 5.64. The van der Waals surface area contributed by atoms with Crippen molar-refractivity contribution in [1.29, 1.82) is 0 Å². The lowest BCUT2D eigenvalue weighted by atomic mass is 9.46. The van der Waals surface area contributed by atoms with Crippen molar-refractivity contribution in [2.45, 2.75) is 65.0 Å². The topological polar surface area (TPSA) is 55.6 Å². The minimum Gasteiger partial charge on any atom is -0.377 e. The Balaban J connectivity index is 2.21. The number of amides is 1. The second-order valence-corrected chi connectivity index (χ2v) is 6.92. The Bertz CT molecular complexity index is 363. The summed E-state index contributed by atoms with van der Waals surface area (Å²) in [7, 11) is 0. The zero-order chi connectivity index (χ0) is 15.0. The van der Waals surface area contributed by atoms with E-state index in [1.165, 1.54) is 0 Å². The summed E-state index contributed by atoms with van der Waals surface area (Å²) < 4.78 is 5.89. The van der Waals surface area contributed by atoms with Crippen molar-refractivity contribution in [2.24, 2.45) is 17.1 Å². The molecule has 4 heteroatoms. The van der Waals surface area contributed by atoms with Gasteiger partial charge in [-0.1, -0.05) is 27.7 Å². The van der Waals surface area contributed by atoms with Crippen molar-refractivity contribution >= 4 is 5.91 Å². The smallest absolute Gasteiger partial charge is 0.243 e. The van der Waals surface area contributed by atoms with E-state index in [9.17, 15) is 4.79 Å². The third-order valence-corrected chi connectivity index (χ3v) is 5.31. The molecule has 0 aromatic carbocycles. The van der Waals surface area contributed by atoms with Crippen LogP contribution in [0.25, 0.3) is 0 Å². The maximum Gasteiger partial charge on any atom is 0.243 e. The number of hydrogen-bond acceptors (Lipinski definition) is 3. The number of carbonyl (C=O) groups excluding carboxylic acids is 1. The molecule has 0 aromatic heterocycles. The van der Waals surface area contributed by atoms with Crippen LogP contribution >= 0.6 is 0 Å². The number of carbonyl (C=O) groups is 1. The number of hydrogen-bond donors (Lipinski definition) is 1. The average Bonchev–Trinajstić information content (AvgIpc) is 2.45. The third kappa shape index (κ3) is 2.08. The van der Waals surface area contributed by atoms with Crippen LogP contribution in [0.3, 0.4) is 0 Å². The first-order valence-electron chi connectivity index (χ1n) is 8.11. The molecule has 1 saturated carbocycles. The highest BCUT2D eigenvalue weighted by molar-refractivity contribution is 5.89. The van der Waals surface area contributed by atoms with E-state index < -0.39 is 5.54 Å². The first-order chi connectivity index (χ1) is 9.41. The van der Waals surface area contributed by atoms with Gasteiger partial charge in [0.2, 0.25) is 5.91 Å². The molecule has 3 atom stereocenters. The van der Waals surface area contributed by atoms with Gasteiger partial charge < -0.3 is 15.4 Å². The zero-order valence-electron chi connectivity index (χ0n) is 13.4. The molecule has 1 aliphatic heterocycles.